The van der Waals surface area contributed by atoms with Crippen LogP contribution in [0.25, 0.3) is 50.2 Å². The summed E-state index contributed by atoms with van der Waals surface area (Å²) < 4.78 is 68.1. The number of aromatic nitrogens is 5. The minimum atomic E-state index is -3.47. The lowest BCUT2D eigenvalue weighted by Gasteiger charge is -2.16. The van der Waals surface area contributed by atoms with Crippen LogP contribution in [0.4, 0.5) is 13.2 Å². The molecule has 2 aliphatic rings. The van der Waals surface area contributed by atoms with Gasteiger partial charge in [0, 0.05) is 60.5 Å². The number of nitrogens with zero attached hydrogens (tertiary/aromatic N) is 4. The van der Waals surface area contributed by atoms with Crippen molar-refractivity contribution in [2.24, 2.45) is 5.73 Å². The van der Waals surface area contributed by atoms with Crippen molar-refractivity contribution in [3.8, 4) is 22.6 Å². The Morgan fingerprint density at radius 3 is 2.69 bits per heavy atom. The SMILES string of the molecule is CS(=O)(=O)NCc1cc(F)cc(-c2nccc3[nH]c(-c4n[nH]c5ccc(C(/C=C(\C=C6CC6)CN6CCC(F)(F)C6)=C/N)nc45)cc23)c1. The summed E-state index contributed by atoms with van der Waals surface area (Å²) >= 11 is 0. The van der Waals surface area contributed by atoms with Crippen molar-refractivity contribution in [3.05, 3.63) is 95.2 Å². The zero-order chi connectivity index (χ0) is 33.6. The third-order valence-electron chi connectivity index (χ3n) is 8.38. The maximum absolute atomic E-state index is 14.7. The first-order chi connectivity index (χ1) is 22.9. The van der Waals surface area contributed by atoms with Gasteiger partial charge in [-0.15, -0.1) is 0 Å². The standard InChI is InChI=1S/C34H33F3N8O2S/c1-48(46,47)40-17-21-11-23(14-25(35)13-21)31-26-15-30(41-28(26)6-8-39-31)33-32-29(43-44-33)5-4-27(42-32)24(16-38)12-22(10-20-2-3-20)18-45-9-7-34(36,37)19-45/h4-6,8,10-16,40-41H,2-3,7,9,17-19,38H2,1H3,(H,43,44)/b22-12+,24-16+. The van der Waals surface area contributed by atoms with Gasteiger partial charge in [0.25, 0.3) is 5.92 Å². The van der Waals surface area contributed by atoms with E-state index in [0.717, 1.165) is 30.2 Å². The largest absolute Gasteiger partial charge is 0.404 e. The van der Waals surface area contributed by atoms with E-state index in [1.165, 1.54) is 23.9 Å². The van der Waals surface area contributed by atoms with Crippen molar-refractivity contribution >= 4 is 37.5 Å². The highest BCUT2D eigenvalue weighted by Gasteiger charge is 2.38. The van der Waals surface area contributed by atoms with Gasteiger partial charge in [-0.3, -0.25) is 15.0 Å². The fourth-order valence-corrected chi connectivity index (χ4v) is 6.41. The molecule has 48 heavy (non-hydrogen) atoms. The highest BCUT2D eigenvalue weighted by molar-refractivity contribution is 7.88. The molecular formula is C34H33F3N8O2S. The number of likely N-dealkylation sites (tertiary alicyclic amines) is 1. The van der Waals surface area contributed by atoms with Gasteiger partial charge in [-0.2, -0.15) is 5.10 Å². The molecule has 1 aliphatic heterocycles. The van der Waals surface area contributed by atoms with Gasteiger partial charge in [-0.1, -0.05) is 11.6 Å². The molecular weight excluding hydrogens is 641 g/mol. The zero-order valence-electron chi connectivity index (χ0n) is 26.0. The molecule has 1 aliphatic carbocycles. The van der Waals surface area contributed by atoms with Gasteiger partial charge in [0.2, 0.25) is 10.0 Å². The molecule has 4 aromatic heterocycles. The molecule has 0 unspecified atom stereocenters. The summed E-state index contributed by atoms with van der Waals surface area (Å²) in [4.78, 5) is 14.6. The molecule has 5 N–H and O–H groups in total. The van der Waals surface area contributed by atoms with E-state index >= 15 is 0 Å². The summed E-state index contributed by atoms with van der Waals surface area (Å²) in [7, 11) is -3.47. The number of nitrogens with two attached hydrogens (primary N) is 1. The predicted octanol–water partition coefficient (Wildman–Crippen LogP) is 5.64. The molecule has 1 saturated heterocycles. The van der Waals surface area contributed by atoms with E-state index in [9.17, 15) is 21.6 Å². The Hall–Kier alpha value is -4.79. The summed E-state index contributed by atoms with van der Waals surface area (Å²) in [5.74, 6) is -3.19. The van der Waals surface area contributed by atoms with Crippen LogP contribution in [0.3, 0.4) is 0 Å². The number of benzene rings is 1. The average molecular weight is 675 g/mol. The second-order valence-corrected chi connectivity index (χ2v) is 14.2. The molecule has 1 saturated carbocycles. The van der Waals surface area contributed by atoms with Gasteiger partial charge in [-0.25, -0.2) is 31.3 Å². The maximum atomic E-state index is 14.7. The highest BCUT2D eigenvalue weighted by atomic mass is 32.2. The van der Waals surface area contributed by atoms with Crippen molar-refractivity contribution in [1.29, 1.82) is 0 Å². The van der Waals surface area contributed by atoms with Crippen LogP contribution in [-0.2, 0) is 16.6 Å². The first-order valence-corrected chi connectivity index (χ1v) is 17.3. The number of hydrogen-bond donors (Lipinski definition) is 4. The molecule has 14 heteroatoms. The molecule has 0 bridgehead atoms. The lowest BCUT2D eigenvalue weighted by molar-refractivity contribution is 0.0131. The first-order valence-electron chi connectivity index (χ1n) is 15.4. The highest BCUT2D eigenvalue weighted by Crippen LogP contribution is 2.35. The van der Waals surface area contributed by atoms with Crippen LogP contribution in [0.5, 0.6) is 0 Å². The third kappa shape index (κ3) is 7.05. The van der Waals surface area contributed by atoms with Crippen LogP contribution in [0.2, 0.25) is 0 Å². The Morgan fingerprint density at radius 2 is 1.96 bits per heavy atom. The lowest BCUT2D eigenvalue weighted by Crippen LogP contribution is -2.26. The van der Waals surface area contributed by atoms with E-state index in [2.05, 4.69) is 31.0 Å². The van der Waals surface area contributed by atoms with Crippen LogP contribution >= 0.6 is 0 Å². The molecule has 1 aromatic carbocycles. The van der Waals surface area contributed by atoms with Crippen molar-refractivity contribution < 1.29 is 21.6 Å². The number of rotatable bonds is 10. The smallest absolute Gasteiger partial charge is 0.261 e. The number of aromatic amines is 2. The Bertz CT molecular complexity index is 2250. The third-order valence-corrected chi connectivity index (χ3v) is 9.05. The van der Waals surface area contributed by atoms with Crippen LogP contribution in [0, 0.1) is 5.82 Å². The maximum Gasteiger partial charge on any atom is 0.261 e. The Balaban J connectivity index is 1.22. The van der Waals surface area contributed by atoms with E-state index in [1.54, 1.807) is 23.2 Å². The summed E-state index contributed by atoms with van der Waals surface area (Å²) in [6.45, 7) is 0.398. The Labute approximate surface area is 274 Å². The van der Waals surface area contributed by atoms with E-state index in [-0.39, 0.29) is 19.5 Å². The molecule has 2 fully saturated rings. The fourth-order valence-electron chi connectivity index (χ4n) is 5.98. The number of hydrogen-bond acceptors (Lipinski definition) is 7. The second kappa shape index (κ2) is 12.3. The number of halogens is 3. The average Bonchev–Trinajstić information content (AvgIpc) is 3.42. The minimum Gasteiger partial charge on any atom is -0.404 e. The molecule has 248 valence electrons. The van der Waals surface area contributed by atoms with Crippen molar-refractivity contribution in [3.63, 3.8) is 0 Å². The summed E-state index contributed by atoms with van der Waals surface area (Å²) in [6, 6.07) is 11.7. The summed E-state index contributed by atoms with van der Waals surface area (Å²) in [6.07, 6.45) is 9.96. The zero-order valence-corrected chi connectivity index (χ0v) is 26.8. The molecule has 5 aromatic rings. The van der Waals surface area contributed by atoms with Crippen LogP contribution < -0.4 is 10.5 Å². The number of alkyl halides is 2. The molecule has 10 nitrogen and oxygen atoms in total. The number of sulfonamides is 1. The lowest BCUT2D eigenvalue weighted by atomic mass is 10.0. The van der Waals surface area contributed by atoms with Crippen LogP contribution in [-0.4, -0.2) is 70.3 Å². The van der Waals surface area contributed by atoms with Gasteiger partial charge in [0.1, 0.15) is 17.0 Å². The molecule has 0 atom stereocenters. The number of H-pyrrole nitrogens is 2. The van der Waals surface area contributed by atoms with Gasteiger partial charge in [0.05, 0.1) is 35.4 Å². The first kappa shape index (κ1) is 31.8. The van der Waals surface area contributed by atoms with Crippen molar-refractivity contribution in [2.75, 3.05) is 25.9 Å². The van der Waals surface area contributed by atoms with E-state index < -0.39 is 21.8 Å². The second-order valence-electron chi connectivity index (χ2n) is 12.4. The normalized spacial score (nSPS) is 17.1. The monoisotopic (exact) mass is 674 g/mol. The molecule has 0 amide bonds. The number of nitrogens with one attached hydrogen (secondary N) is 3. The van der Waals surface area contributed by atoms with Gasteiger partial charge in [-0.05, 0) is 72.5 Å². The number of allylic oxidation sites excluding steroid dienone is 3. The molecule has 5 heterocycles. The molecule has 0 spiro atoms. The van der Waals surface area contributed by atoms with Crippen LogP contribution in [0.1, 0.15) is 30.5 Å². The Kier molecular flexibility index (Phi) is 8.17. The van der Waals surface area contributed by atoms with Gasteiger partial charge < -0.3 is 10.7 Å². The van der Waals surface area contributed by atoms with Crippen molar-refractivity contribution in [1.82, 2.24) is 34.8 Å². The quantitative estimate of drug-likeness (QED) is 0.140. The van der Waals surface area contributed by atoms with Crippen molar-refractivity contribution in [2.45, 2.75) is 31.7 Å². The van der Waals surface area contributed by atoms with Gasteiger partial charge >= 0.3 is 0 Å². The predicted molar refractivity (Wildman–Crippen MR) is 180 cm³/mol. The van der Waals surface area contributed by atoms with E-state index in [4.69, 9.17) is 10.7 Å². The summed E-state index contributed by atoms with van der Waals surface area (Å²) in [5, 5.41) is 8.28. The number of pyridine rings is 2. The minimum absolute atomic E-state index is 0.0627. The molecule has 0 radical (unpaired) electrons. The van der Waals surface area contributed by atoms with Crippen LogP contribution in [0.15, 0.2) is 78.2 Å². The topological polar surface area (TPSA) is 146 Å². The number of fused-ring (bicyclic) bond motifs is 2. The summed E-state index contributed by atoms with van der Waals surface area (Å²) in [5.41, 5.74) is 14.2. The fraction of sp³-hybridized carbons (Fsp3) is 0.265. The van der Waals surface area contributed by atoms with E-state index in [0.29, 0.717) is 69.0 Å². The van der Waals surface area contributed by atoms with Gasteiger partial charge in [0.15, 0.2) is 0 Å². The van der Waals surface area contributed by atoms with E-state index in [1.807, 2.05) is 24.3 Å². The Morgan fingerprint density at radius 1 is 1.12 bits per heavy atom. The molecule has 7 rings (SSSR count).